The zero-order valence-electron chi connectivity index (χ0n) is 21.1. The normalized spacial score (nSPS) is 21.1. The molecule has 1 amide bonds. The highest BCUT2D eigenvalue weighted by Crippen LogP contribution is 2.54. The van der Waals surface area contributed by atoms with Crippen LogP contribution in [0.1, 0.15) is 43.0 Å². The standard InChI is InChI=1S/C26H35N5O5S/c1-19-18-31(12-14-36-19)24-17-20(4-9-27-24)28-25(33)22-3-2-21(29-37(34,35)15-13-32)16-23(22)30-10-7-26(5-6-26)8-11-30/h2-4,9,16-17,19,29,32H,5-8,10-15,18H2,1H3,(H,27,28,33)/t19-/m1/s1. The molecule has 3 heterocycles. The Hall–Kier alpha value is -2.89. The Labute approximate surface area is 218 Å². The molecule has 2 saturated heterocycles. The predicted octanol–water partition coefficient (Wildman–Crippen LogP) is 2.67. The van der Waals surface area contributed by atoms with Crippen LogP contribution >= 0.6 is 0 Å². The minimum Gasteiger partial charge on any atom is -0.395 e. The van der Waals surface area contributed by atoms with Gasteiger partial charge < -0.3 is 25.0 Å². The molecule has 1 saturated carbocycles. The minimum atomic E-state index is -3.68. The first-order valence-electron chi connectivity index (χ1n) is 12.9. The molecule has 1 aliphatic carbocycles. The number of carbonyl (C=O) groups excluding carboxylic acids is 1. The number of anilines is 4. The van der Waals surface area contributed by atoms with Crippen molar-refractivity contribution in [2.45, 2.75) is 38.7 Å². The third-order valence-electron chi connectivity index (χ3n) is 7.57. The number of benzene rings is 1. The van der Waals surface area contributed by atoms with Gasteiger partial charge in [-0.1, -0.05) is 0 Å². The molecular weight excluding hydrogens is 494 g/mol. The fraction of sp³-hybridized carbons (Fsp3) is 0.538. The highest BCUT2D eigenvalue weighted by Gasteiger charge is 2.44. The number of hydrogen-bond acceptors (Lipinski definition) is 8. The summed E-state index contributed by atoms with van der Waals surface area (Å²) in [5.74, 6) is 0.134. The summed E-state index contributed by atoms with van der Waals surface area (Å²) in [4.78, 5) is 22.3. The van der Waals surface area contributed by atoms with Crippen LogP contribution in [-0.4, -0.2) is 75.7 Å². The molecule has 37 heavy (non-hydrogen) atoms. The van der Waals surface area contributed by atoms with E-state index in [-0.39, 0.29) is 17.8 Å². The largest absolute Gasteiger partial charge is 0.395 e. The number of aliphatic hydroxyl groups is 1. The second-order valence-electron chi connectivity index (χ2n) is 10.3. The fourth-order valence-electron chi connectivity index (χ4n) is 5.19. The Morgan fingerprint density at radius 2 is 1.89 bits per heavy atom. The first-order valence-corrected chi connectivity index (χ1v) is 14.6. The lowest BCUT2D eigenvalue weighted by Gasteiger charge is -2.35. The Kier molecular flexibility index (Phi) is 7.28. The van der Waals surface area contributed by atoms with Gasteiger partial charge in [0.1, 0.15) is 5.82 Å². The first-order chi connectivity index (χ1) is 17.8. The van der Waals surface area contributed by atoms with Crippen LogP contribution in [0.25, 0.3) is 0 Å². The summed E-state index contributed by atoms with van der Waals surface area (Å²) in [5.41, 5.74) is 2.66. The van der Waals surface area contributed by atoms with Gasteiger partial charge in [-0.3, -0.25) is 9.52 Å². The number of aliphatic hydroxyl groups excluding tert-OH is 1. The van der Waals surface area contributed by atoms with E-state index in [0.29, 0.717) is 34.6 Å². The van der Waals surface area contributed by atoms with Crippen LogP contribution in [0.2, 0.25) is 0 Å². The van der Waals surface area contributed by atoms with Crippen molar-refractivity contribution >= 4 is 38.8 Å². The monoisotopic (exact) mass is 529 g/mol. The van der Waals surface area contributed by atoms with E-state index in [0.717, 1.165) is 44.8 Å². The number of amides is 1. The summed E-state index contributed by atoms with van der Waals surface area (Å²) in [6.45, 7) is 5.31. The zero-order chi connectivity index (χ0) is 26.0. The summed E-state index contributed by atoms with van der Waals surface area (Å²) < 4.78 is 32.6. The summed E-state index contributed by atoms with van der Waals surface area (Å²) in [5, 5.41) is 12.1. The topological polar surface area (TPSA) is 124 Å². The quantitative estimate of drug-likeness (QED) is 0.477. The summed E-state index contributed by atoms with van der Waals surface area (Å²) in [6, 6.07) is 8.61. The molecule has 2 aliphatic heterocycles. The third-order valence-corrected chi connectivity index (χ3v) is 8.83. The van der Waals surface area contributed by atoms with Crippen LogP contribution in [0, 0.1) is 5.41 Å². The number of ether oxygens (including phenoxy) is 1. The molecule has 3 N–H and O–H groups in total. The Balaban J connectivity index is 1.38. The van der Waals surface area contributed by atoms with Crippen molar-refractivity contribution in [2.75, 3.05) is 65.0 Å². The van der Waals surface area contributed by atoms with E-state index in [1.165, 1.54) is 12.8 Å². The molecule has 10 nitrogen and oxygen atoms in total. The van der Waals surface area contributed by atoms with Crippen LogP contribution in [0.4, 0.5) is 22.9 Å². The van der Waals surface area contributed by atoms with E-state index in [4.69, 9.17) is 9.84 Å². The smallest absolute Gasteiger partial charge is 0.257 e. The Morgan fingerprint density at radius 1 is 1.11 bits per heavy atom. The number of pyridine rings is 1. The Bertz CT molecular complexity index is 1240. The van der Waals surface area contributed by atoms with Gasteiger partial charge in [0.15, 0.2) is 0 Å². The van der Waals surface area contributed by atoms with Crippen LogP contribution < -0.4 is 19.8 Å². The highest BCUT2D eigenvalue weighted by atomic mass is 32.2. The van der Waals surface area contributed by atoms with Gasteiger partial charge in [-0.2, -0.15) is 0 Å². The molecule has 200 valence electrons. The van der Waals surface area contributed by atoms with E-state index < -0.39 is 16.6 Å². The van der Waals surface area contributed by atoms with E-state index in [1.54, 1.807) is 30.5 Å². The van der Waals surface area contributed by atoms with Crippen molar-refractivity contribution in [3.63, 3.8) is 0 Å². The van der Waals surface area contributed by atoms with Crippen molar-refractivity contribution in [1.29, 1.82) is 0 Å². The first kappa shape index (κ1) is 25.7. The van der Waals surface area contributed by atoms with Gasteiger partial charge in [0.25, 0.3) is 5.91 Å². The average Bonchev–Trinajstić information content (AvgIpc) is 3.63. The van der Waals surface area contributed by atoms with Crippen molar-refractivity contribution < 1.29 is 23.1 Å². The summed E-state index contributed by atoms with van der Waals surface area (Å²) in [7, 11) is -3.68. The SMILES string of the molecule is C[C@@H]1CN(c2cc(NC(=O)c3ccc(NS(=O)(=O)CCO)cc3N3CCC4(CC3)CC4)ccn2)CCO1. The highest BCUT2D eigenvalue weighted by molar-refractivity contribution is 7.92. The number of nitrogens with one attached hydrogen (secondary N) is 2. The summed E-state index contributed by atoms with van der Waals surface area (Å²) >= 11 is 0. The van der Waals surface area contributed by atoms with Gasteiger partial charge in [-0.15, -0.1) is 0 Å². The number of carbonyl (C=O) groups is 1. The number of piperidine rings is 1. The van der Waals surface area contributed by atoms with Crippen molar-refractivity contribution in [1.82, 2.24) is 4.98 Å². The summed E-state index contributed by atoms with van der Waals surface area (Å²) in [6.07, 6.45) is 6.47. The second kappa shape index (κ2) is 10.5. The zero-order valence-corrected chi connectivity index (χ0v) is 22.0. The van der Waals surface area contributed by atoms with Crippen LogP contribution in [0.5, 0.6) is 0 Å². The van der Waals surface area contributed by atoms with Crippen molar-refractivity contribution in [2.24, 2.45) is 5.41 Å². The van der Waals surface area contributed by atoms with E-state index in [1.807, 2.05) is 13.0 Å². The molecule has 2 aromatic rings. The lowest BCUT2D eigenvalue weighted by molar-refractivity contribution is 0.0529. The predicted molar refractivity (Wildman–Crippen MR) is 144 cm³/mol. The van der Waals surface area contributed by atoms with Gasteiger partial charge >= 0.3 is 0 Å². The molecule has 1 aromatic heterocycles. The molecule has 0 radical (unpaired) electrons. The lowest BCUT2D eigenvalue weighted by Crippen LogP contribution is -2.41. The molecule has 1 atom stereocenters. The van der Waals surface area contributed by atoms with Crippen LogP contribution in [0.3, 0.4) is 0 Å². The molecule has 5 rings (SSSR count). The van der Waals surface area contributed by atoms with E-state index in [2.05, 4.69) is 24.8 Å². The van der Waals surface area contributed by atoms with Gasteiger partial charge in [-0.25, -0.2) is 13.4 Å². The van der Waals surface area contributed by atoms with E-state index >= 15 is 0 Å². The fourth-order valence-corrected chi connectivity index (χ4v) is 6.02. The second-order valence-corrected chi connectivity index (χ2v) is 12.2. The van der Waals surface area contributed by atoms with Gasteiger partial charge in [0.2, 0.25) is 10.0 Å². The number of morpholine rings is 1. The molecule has 3 aliphatic rings. The molecule has 0 unspecified atom stereocenters. The maximum Gasteiger partial charge on any atom is 0.257 e. The molecule has 0 bridgehead atoms. The number of hydrogen-bond donors (Lipinski definition) is 3. The molecule has 1 aromatic carbocycles. The number of rotatable bonds is 8. The van der Waals surface area contributed by atoms with Crippen molar-refractivity contribution in [3.05, 3.63) is 42.1 Å². The molecule has 3 fully saturated rings. The van der Waals surface area contributed by atoms with Gasteiger partial charge in [0.05, 0.1) is 42.0 Å². The number of aromatic nitrogens is 1. The van der Waals surface area contributed by atoms with Crippen molar-refractivity contribution in [3.8, 4) is 0 Å². The Morgan fingerprint density at radius 3 is 2.59 bits per heavy atom. The third kappa shape index (κ3) is 6.16. The molecule has 11 heteroatoms. The lowest BCUT2D eigenvalue weighted by atomic mass is 9.93. The average molecular weight is 530 g/mol. The number of nitrogens with zero attached hydrogens (tertiary/aromatic N) is 3. The number of sulfonamides is 1. The minimum absolute atomic E-state index is 0.115. The molecule has 1 spiro atoms. The maximum absolute atomic E-state index is 13.5. The molecular formula is C26H35N5O5S. The van der Waals surface area contributed by atoms with E-state index in [9.17, 15) is 13.2 Å². The van der Waals surface area contributed by atoms with Gasteiger partial charge in [0, 0.05) is 44.1 Å². The van der Waals surface area contributed by atoms with Gasteiger partial charge in [-0.05, 0) is 62.3 Å². The van der Waals surface area contributed by atoms with Crippen LogP contribution in [-0.2, 0) is 14.8 Å². The maximum atomic E-state index is 13.5. The van der Waals surface area contributed by atoms with Crippen LogP contribution in [0.15, 0.2) is 36.5 Å².